The highest BCUT2D eigenvalue weighted by atomic mass is 35.5. The van der Waals surface area contributed by atoms with E-state index in [0.717, 1.165) is 33.5 Å². The molecule has 7 heteroatoms. The van der Waals surface area contributed by atoms with E-state index in [9.17, 15) is 4.79 Å². The Hall–Kier alpha value is -3.74. The van der Waals surface area contributed by atoms with E-state index in [1.165, 1.54) is 0 Å². The molecule has 0 amide bonds. The summed E-state index contributed by atoms with van der Waals surface area (Å²) >= 11 is 6.17. The zero-order valence-corrected chi connectivity index (χ0v) is 19.9. The lowest BCUT2D eigenvalue weighted by Crippen LogP contribution is -2.41. The summed E-state index contributed by atoms with van der Waals surface area (Å²) in [6, 6.07) is 20.9. The monoisotopic (exact) mass is 469 g/mol. The second-order valence-electron chi connectivity index (χ2n) is 8.59. The number of halogens is 1. The first-order valence-corrected chi connectivity index (χ1v) is 11.3. The van der Waals surface area contributed by atoms with E-state index in [1.54, 1.807) is 30.2 Å². The number of imidazole rings is 1. The van der Waals surface area contributed by atoms with Crippen LogP contribution in [0.15, 0.2) is 84.0 Å². The molecule has 3 heterocycles. The van der Waals surface area contributed by atoms with Crippen molar-refractivity contribution in [3.8, 4) is 11.1 Å². The molecule has 2 aromatic carbocycles. The zero-order chi connectivity index (χ0) is 24.0. The molecule has 0 bridgehead atoms. The third-order valence-corrected chi connectivity index (χ3v) is 6.59. The van der Waals surface area contributed by atoms with Gasteiger partial charge in [0.15, 0.2) is 0 Å². The molecule has 6 nitrogen and oxygen atoms in total. The van der Waals surface area contributed by atoms with Crippen LogP contribution in [0.3, 0.4) is 0 Å². The Balaban J connectivity index is 1.84. The molecule has 0 aliphatic rings. The second-order valence-corrected chi connectivity index (χ2v) is 9.03. The number of aryl methyl sites for hydroxylation is 3. The molecule has 0 saturated heterocycles. The fourth-order valence-corrected chi connectivity index (χ4v) is 4.58. The third kappa shape index (κ3) is 3.52. The lowest BCUT2D eigenvalue weighted by Gasteiger charge is -2.30. The van der Waals surface area contributed by atoms with Gasteiger partial charge in [0.2, 0.25) is 0 Å². The number of fused-ring (bicyclic) bond motifs is 1. The summed E-state index contributed by atoms with van der Waals surface area (Å²) in [5.74, 6) is 0. The van der Waals surface area contributed by atoms with Crippen molar-refractivity contribution in [2.75, 3.05) is 0 Å². The summed E-state index contributed by atoms with van der Waals surface area (Å²) in [5, 5.41) is 0.624. The molecule has 0 saturated carbocycles. The predicted octanol–water partition coefficient (Wildman–Crippen LogP) is 4.55. The fourth-order valence-electron chi connectivity index (χ4n) is 4.46. The van der Waals surface area contributed by atoms with Crippen molar-refractivity contribution in [2.45, 2.75) is 12.5 Å². The molecule has 0 unspecified atom stereocenters. The molecule has 1 atom stereocenters. The van der Waals surface area contributed by atoms with Crippen molar-refractivity contribution in [1.82, 2.24) is 19.1 Å². The number of benzene rings is 2. The molecule has 0 aliphatic heterocycles. The van der Waals surface area contributed by atoms with Crippen molar-refractivity contribution >= 4 is 22.6 Å². The van der Waals surface area contributed by atoms with E-state index in [4.69, 9.17) is 22.3 Å². The number of nitrogens with zero attached hydrogens (tertiary/aromatic N) is 4. The molecule has 0 radical (unpaired) electrons. The molecule has 5 rings (SSSR count). The van der Waals surface area contributed by atoms with E-state index in [1.807, 2.05) is 73.1 Å². The van der Waals surface area contributed by atoms with Crippen molar-refractivity contribution in [3.05, 3.63) is 117 Å². The number of pyridine rings is 2. The van der Waals surface area contributed by atoms with E-state index < -0.39 is 5.54 Å². The Labute approximate surface area is 202 Å². The highest BCUT2D eigenvalue weighted by Gasteiger charge is 2.36. The van der Waals surface area contributed by atoms with Gasteiger partial charge in [0.1, 0.15) is 5.54 Å². The van der Waals surface area contributed by atoms with Gasteiger partial charge < -0.3 is 14.9 Å². The average molecular weight is 470 g/mol. The van der Waals surface area contributed by atoms with E-state index >= 15 is 0 Å². The molecule has 0 spiro atoms. The van der Waals surface area contributed by atoms with Crippen LogP contribution < -0.4 is 11.3 Å². The standard InChI is InChI=1S/C27H24ClN5O/c1-17-5-4-6-18(13-17)21-14-25(34)33(3)22-11-12-23(31-26(21)22)27(29,24-15-30-16-32(24)2)19-7-9-20(28)10-8-19/h4-16H,29H2,1-3H3/t27-/m1/s1. The van der Waals surface area contributed by atoms with E-state index in [2.05, 4.69) is 11.1 Å². The zero-order valence-electron chi connectivity index (χ0n) is 19.2. The second kappa shape index (κ2) is 8.24. The molecular weight excluding hydrogens is 446 g/mol. The van der Waals surface area contributed by atoms with Crippen LogP contribution >= 0.6 is 11.6 Å². The van der Waals surface area contributed by atoms with Gasteiger partial charge in [0.05, 0.1) is 34.9 Å². The lowest BCUT2D eigenvalue weighted by molar-refractivity contribution is 0.580. The summed E-state index contributed by atoms with van der Waals surface area (Å²) in [7, 11) is 3.66. The minimum Gasteiger partial charge on any atom is -0.335 e. The number of rotatable bonds is 4. The Morgan fingerprint density at radius 2 is 1.76 bits per heavy atom. The number of aromatic nitrogens is 4. The summed E-state index contributed by atoms with van der Waals surface area (Å²) in [6.07, 6.45) is 3.47. The Morgan fingerprint density at radius 3 is 2.44 bits per heavy atom. The van der Waals surface area contributed by atoms with Gasteiger partial charge in [-0.3, -0.25) is 4.79 Å². The van der Waals surface area contributed by atoms with Gasteiger partial charge in [-0.2, -0.15) is 0 Å². The summed E-state index contributed by atoms with van der Waals surface area (Å²) < 4.78 is 3.50. The van der Waals surface area contributed by atoms with Crippen LogP contribution in [0.4, 0.5) is 0 Å². The Kier molecular flexibility index (Phi) is 5.35. The van der Waals surface area contributed by atoms with E-state index in [-0.39, 0.29) is 5.56 Å². The van der Waals surface area contributed by atoms with Crippen LogP contribution in [-0.2, 0) is 19.6 Å². The fraction of sp³-hybridized carbons (Fsp3) is 0.148. The Bertz CT molecular complexity index is 1590. The molecule has 170 valence electrons. The first-order valence-electron chi connectivity index (χ1n) is 10.9. The predicted molar refractivity (Wildman–Crippen MR) is 136 cm³/mol. The molecule has 0 fully saturated rings. The maximum absolute atomic E-state index is 12.8. The van der Waals surface area contributed by atoms with Gasteiger partial charge in [-0.15, -0.1) is 0 Å². The Morgan fingerprint density at radius 1 is 1.00 bits per heavy atom. The van der Waals surface area contributed by atoms with Gasteiger partial charge in [-0.05, 0) is 42.3 Å². The minimum atomic E-state index is -1.09. The SMILES string of the molecule is Cc1cccc(-c2cc(=O)n(C)c3ccc([C@](N)(c4ccc(Cl)cc4)c4cncn4C)nc23)c1. The van der Waals surface area contributed by atoms with Crippen molar-refractivity contribution < 1.29 is 0 Å². The van der Waals surface area contributed by atoms with Gasteiger partial charge in [0.25, 0.3) is 5.56 Å². The van der Waals surface area contributed by atoms with Crippen LogP contribution in [0, 0.1) is 6.92 Å². The highest BCUT2D eigenvalue weighted by molar-refractivity contribution is 6.30. The minimum absolute atomic E-state index is 0.0955. The summed E-state index contributed by atoms with van der Waals surface area (Å²) in [4.78, 5) is 22.2. The molecule has 5 aromatic rings. The summed E-state index contributed by atoms with van der Waals surface area (Å²) in [5.41, 5.74) is 12.5. The van der Waals surface area contributed by atoms with E-state index in [0.29, 0.717) is 16.2 Å². The van der Waals surface area contributed by atoms with Crippen LogP contribution in [0.25, 0.3) is 22.2 Å². The maximum atomic E-state index is 12.8. The van der Waals surface area contributed by atoms with Gasteiger partial charge in [-0.1, -0.05) is 53.6 Å². The summed E-state index contributed by atoms with van der Waals surface area (Å²) in [6.45, 7) is 2.03. The molecule has 2 N–H and O–H groups in total. The van der Waals surface area contributed by atoms with Crippen molar-refractivity contribution in [3.63, 3.8) is 0 Å². The normalized spacial score (nSPS) is 13.2. The number of hydrogen-bond acceptors (Lipinski definition) is 4. The van der Waals surface area contributed by atoms with Gasteiger partial charge in [-0.25, -0.2) is 9.97 Å². The van der Waals surface area contributed by atoms with Crippen molar-refractivity contribution in [1.29, 1.82) is 0 Å². The van der Waals surface area contributed by atoms with Crippen LogP contribution in [0.1, 0.15) is 22.5 Å². The quantitative estimate of drug-likeness (QED) is 0.419. The first kappa shape index (κ1) is 22.1. The largest absolute Gasteiger partial charge is 0.335 e. The van der Waals surface area contributed by atoms with Crippen LogP contribution in [-0.4, -0.2) is 19.1 Å². The van der Waals surface area contributed by atoms with Gasteiger partial charge in [0, 0.05) is 30.7 Å². The maximum Gasteiger partial charge on any atom is 0.251 e. The lowest BCUT2D eigenvalue weighted by atomic mass is 9.84. The third-order valence-electron chi connectivity index (χ3n) is 6.34. The van der Waals surface area contributed by atoms with Gasteiger partial charge >= 0.3 is 0 Å². The number of nitrogens with two attached hydrogens (primary N) is 1. The first-order chi connectivity index (χ1) is 16.3. The smallest absolute Gasteiger partial charge is 0.251 e. The number of hydrogen-bond donors (Lipinski definition) is 1. The van der Waals surface area contributed by atoms with Crippen LogP contribution in [0.5, 0.6) is 0 Å². The molecular formula is C27H24ClN5O. The van der Waals surface area contributed by atoms with Crippen molar-refractivity contribution in [2.24, 2.45) is 19.8 Å². The highest BCUT2D eigenvalue weighted by Crippen LogP contribution is 2.35. The van der Waals surface area contributed by atoms with Crippen LogP contribution in [0.2, 0.25) is 5.02 Å². The topological polar surface area (TPSA) is 78.7 Å². The molecule has 3 aromatic heterocycles. The molecule has 0 aliphatic carbocycles. The average Bonchev–Trinajstić information content (AvgIpc) is 3.27. The molecule has 34 heavy (non-hydrogen) atoms.